The average molecular weight is 218 g/mol. The first-order valence-corrected chi connectivity index (χ1v) is 5.17. The quantitative estimate of drug-likeness (QED) is 0.629. The third-order valence-corrected chi connectivity index (χ3v) is 3.06. The summed E-state index contributed by atoms with van der Waals surface area (Å²) in [6, 6.07) is -0.199. The molecule has 0 saturated carbocycles. The van der Waals surface area contributed by atoms with Crippen molar-refractivity contribution >= 4 is 6.09 Å². The normalized spacial score (nSPS) is 21.2. The smallest absolute Gasteiger partial charge is 0.405 e. The zero-order chi connectivity index (χ0) is 12.2. The molecule has 0 aromatic carbocycles. The standard InChI is InChI=1S/C10H22N2O3/c1-5-8(13)10(4,15-9(12)14)6(2)7(3)11/h6-8,13H,5,11H2,1-4H3,(H2,12,14)/t6-,7-,8-,10+/m1/s1. The maximum atomic E-state index is 10.8. The number of carbonyl (C=O) groups is 1. The summed E-state index contributed by atoms with van der Waals surface area (Å²) < 4.78 is 5.02. The van der Waals surface area contributed by atoms with Gasteiger partial charge < -0.3 is 21.3 Å². The predicted octanol–water partition coefficient (Wildman–Crippen LogP) is 0.595. The van der Waals surface area contributed by atoms with E-state index in [1.54, 1.807) is 20.8 Å². The fourth-order valence-electron chi connectivity index (χ4n) is 1.61. The molecule has 90 valence electrons. The predicted molar refractivity (Wildman–Crippen MR) is 58.2 cm³/mol. The number of aliphatic hydroxyl groups is 1. The summed E-state index contributed by atoms with van der Waals surface area (Å²) >= 11 is 0. The Morgan fingerprint density at radius 2 is 2.00 bits per heavy atom. The van der Waals surface area contributed by atoms with Gasteiger partial charge in [-0.1, -0.05) is 13.8 Å². The number of amides is 1. The first-order valence-electron chi connectivity index (χ1n) is 5.17. The Kier molecular flexibility index (Phi) is 5.03. The molecule has 4 atom stereocenters. The van der Waals surface area contributed by atoms with Crippen LogP contribution in [0.3, 0.4) is 0 Å². The SMILES string of the molecule is CC[C@@H](O)[C@@](C)(OC(N)=O)[C@H](C)[C@@H](C)N. The van der Waals surface area contributed by atoms with Gasteiger partial charge in [-0.15, -0.1) is 0 Å². The lowest BCUT2D eigenvalue weighted by Gasteiger charge is -2.39. The highest BCUT2D eigenvalue weighted by Gasteiger charge is 2.42. The van der Waals surface area contributed by atoms with Crippen LogP contribution in [0.4, 0.5) is 4.79 Å². The van der Waals surface area contributed by atoms with Gasteiger partial charge in [-0.2, -0.15) is 0 Å². The van der Waals surface area contributed by atoms with E-state index in [1.165, 1.54) is 0 Å². The number of aliphatic hydroxyl groups excluding tert-OH is 1. The van der Waals surface area contributed by atoms with Crippen LogP contribution in [0.25, 0.3) is 0 Å². The Bertz CT molecular complexity index is 221. The topological polar surface area (TPSA) is 98.6 Å². The van der Waals surface area contributed by atoms with Crippen molar-refractivity contribution in [1.82, 2.24) is 0 Å². The number of rotatable bonds is 5. The van der Waals surface area contributed by atoms with Crippen molar-refractivity contribution < 1.29 is 14.6 Å². The maximum Gasteiger partial charge on any atom is 0.405 e. The van der Waals surface area contributed by atoms with E-state index < -0.39 is 17.8 Å². The largest absolute Gasteiger partial charge is 0.440 e. The summed E-state index contributed by atoms with van der Waals surface area (Å²) in [6.45, 7) is 7.09. The van der Waals surface area contributed by atoms with Crippen LogP contribution < -0.4 is 11.5 Å². The van der Waals surface area contributed by atoms with Gasteiger partial charge >= 0.3 is 6.09 Å². The minimum absolute atomic E-state index is 0.181. The van der Waals surface area contributed by atoms with Crippen LogP contribution in [-0.2, 0) is 4.74 Å². The highest BCUT2D eigenvalue weighted by atomic mass is 16.6. The Morgan fingerprint density at radius 3 is 2.27 bits per heavy atom. The number of hydrogen-bond acceptors (Lipinski definition) is 4. The lowest BCUT2D eigenvalue weighted by Crippen LogP contribution is -2.54. The molecule has 5 nitrogen and oxygen atoms in total. The second-order valence-electron chi connectivity index (χ2n) is 4.18. The van der Waals surface area contributed by atoms with E-state index >= 15 is 0 Å². The summed E-state index contributed by atoms with van der Waals surface area (Å²) in [6.07, 6.45) is -1.19. The molecule has 1 amide bonds. The highest BCUT2D eigenvalue weighted by molar-refractivity contribution is 5.65. The fourth-order valence-corrected chi connectivity index (χ4v) is 1.61. The highest BCUT2D eigenvalue weighted by Crippen LogP contribution is 2.29. The van der Waals surface area contributed by atoms with Crippen molar-refractivity contribution in [2.24, 2.45) is 17.4 Å². The minimum Gasteiger partial charge on any atom is -0.440 e. The van der Waals surface area contributed by atoms with Crippen molar-refractivity contribution in [2.75, 3.05) is 0 Å². The number of nitrogens with two attached hydrogens (primary N) is 2. The Hall–Kier alpha value is -0.810. The summed E-state index contributed by atoms with van der Waals surface area (Å²) in [5.74, 6) is -0.181. The molecule has 0 heterocycles. The number of primary amides is 1. The van der Waals surface area contributed by atoms with E-state index in [2.05, 4.69) is 0 Å². The number of carbonyl (C=O) groups excluding carboxylic acids is 1. The zero-order valence-corrected chi connectivity index (χ0v) is 9.86. The van der Waals surface area contributed by atoms with Gasteiger partial charge in [-0.05, 0) is 20.3 Å². The van der Waals surface area contributed by atoms with Crippen LogP contribution in [0.15, 0.2) is 0 Å². The van der Waals surface area contributed by atoms with Crippen LogP contribution in [0.5, 0.6) is 0 Å². The molecule has 5 N–H and O–H groups in total. The molecule has 0 aliphatic carbocycles. The van der Waals surface area contributed by atoms with Crippen LogP contribution in [0.2, 0.25) is 0 Å². The monoisotopic (exact) mass is 218 g/mol. The molecule has 0 aliphatic rings. The second kappa shape index (κ2) is 5.32. The number of hydrogen-bond donors (Lipinski definition) is 3. The van der Waals surface area contributed by atoms with Crippen molar-refractivity contribution in [1.29, 1.82) is 0 Å². The Morgan fingerprint density at radius 1 is 1.53 bits per heavy atom. The van der Waals surface area contributed by atoms with Gasteiger partial charge in [0.25, 0.3) is 0 Å². The summed E-state index contributed by atoms with van der Waals surface area (Å²) in [7, 11) is 0. The third kappa shape index (κ3) is 3.35. The average Bonchev–Trinajstić information content (AvgIpc) is 2.13. The first-order chi connectivity index (χ1) is 6.75. The fraction of sp³-hybridized carbons (Fsp3) is 0.900. The zero-order valence-electron chi connectivity index (χ0n) is 9.86. The molecule has 0 saturated heterocycles. The lowest BCUT2D eigenvalue weighted by molar-refractivity contribution is -0.104. The maximum absolute atomic E-state index is 10.8. The molecule has 0 fully saturated rings. The van der Waals surface area contributed by atoms with Crippen LogP contribution in [-0.4, -0.2) is 28.9 Å². The van der Waals surface area contributed by atoms with Crippen molar-refractivity contribution in [2.45, 2.75) is 51.9 Å². The van der Waals surface area contributed by atoms with Crippen molar-refractivity contribution in [3.05, 3.63) is 0 Å². The van der Waals surface area contributed by atoms with E-state index in [0.717, 1.165) is 0 Å². The molecule has 0 aromatic heterocycles. The van der Waals surface area contributed by atoms with Gasteiger partial charge in [0.15, 0.2) is 0 Å². The molecule has 0 unspecified atom stereocenters. The molecular weight excluding hydrogens is 196 g/mol. The molecular formula is C10H22N2O3. The van der Waals surface area contributed by atoms with Gasteiger partial charge in [0.05, 0.1) is 6.10 Å². The second-order valence-corrected chi connectivity index (χ2v) is 4.18. The Balaban J connectivity index is 4.91. The summed E-state index contributed by atoms with van der Waals surface area (Å²) in [5.41, 5.74) is 9.71. The van der Waals surface area contributed by atoms with Gasteiger partial charge in [0.2, 0.25) is 0 Å². The summed E-state index contributed by atoms with van der Waals surface area (Å²) in [4.78, 5) is 10.8. The van der Waals surface area contributed by atoms with Crippen LogP contribution in [0.1, 0.15) is 34.1 Å². The van der Waals surface area contributed by atoms with Gasteiger partial charge in [0, 0.05) is 12.0 Å². The number of ether oxygens (including phenoxy) is 1. The molecule has 0 radical (unpaired) electrons. The molecule has 15 heavy (non-hydrogen) atoms. The lowest BCUT2D eigenvalue weighted by atomic mass is 9.80. The van der Waals surface area contributed by atoms with E-state index in [0.29, 0.717) is 6.42 Å². The molecule has 0 bridgehead atoms. The van der Waals surface area contributed by atoms with Gasteiger partial charge in [0.1, 0.15) is 5.60 Å². The first kappa shape index (κ1) is 14.2. The molecule has 0 aliphatic heterocycles. The van der Waals surface area contributed by atoms with E-state index in [4.69, 9.17) is 16.2 Å². The van der Waals surface area contributed by atoms with Gasteiger partial charge in [-0.3, -0.25) is 0 Å². The molecule has 5 heteroatoms. The van der Waals surface area contributed by atoms with Crippen molar-refractivity contribution in [3.8, 4) is 0 Å². The minimum atomic E-state index is -1.03. The van der Waals surface area contributed by atoms with Crippen LogP contribution >= 0.6 is 0 Å². The van der Waals surface area contributed by atoms with E-state index in [1.807, 2.05) is 6.92 Å². The molecule has 0 rings (SSSR count). The van der Waals surface area contributed by atoms with Crippen molar-refractivity contribution in [3.63, 3.8) is 0 Å². The van der Waals surface area contributed by atoms with Crippen LogP contribution in [0, 0.1) is 5.92 Å². The Labute approximate surface area is 90.8 Å². The molecule has 0 aromatic rings. The van der Waals surface area contributed by atoms with E-state index in [9.17, 15) is 9.90 Å². The van der Waals surface area contributed by atoms with Gasteiger partial charge in [-0.25, -0.2) is 4.79 Å². The molecule has 0 spiro atoms. The van der Waals surface area contributed by atoms with E-state index in [-0.39, 0.29) is 12.0 Å². The summed E-state index contributed by atoms with van der Waals surface area (Å²) in [5, 5.41) is 9.86. The third-order valence-electron chi connectivity index (χ3n) is 3.06.